The van der Waals surface area contributed by atoms with Crippen molar-refractivity contribution >= 4 is 33.8 Å². The monoisotopic (exact) mass is 270 g/mol. The molecule has 0 bridgehead atoms. The number of nitrogen functional groups attached to an aromatic ring is 1. The molecule has 6 nitrogen and oxygen atoms in total. The van der Waals surface area contributed by atoms with Crippen molar-refractivity contribution in [3.05, 3.63) is 10.4 Å². The average molecular weight is 270 g/mol. The molecule has 0 atom stereocenters. The molecular weight excluding hydrogens is 252 g/mol. The Kier molecular flexibility index (Phi) is 4.55. The van der Waals surface area contributed by atoms with Crippen LogP contribution in [-0.4, -0.2) is 24.9 Å². The van der Waals surface area contributed by atoms with E-state index < -0.39 is 11.8 Å². The molecule has 7 heteroatoms. The van der Waals surface area contributed by atoms with Gasteiger partial charge in [-0.3, -0.25) is 9.59 Å². The summed E-state index contributed by atoms with van der Waals surface area (Å²) in [7, 11) is 0. The molecule has 0 radical (unpaired) electrons. The number of primary amides is 2. The minimum atomic E-state index is -0.640. The van der Waals surface area contributed by atoms with E-state index >= 15 is 0 Å². The minimum absolute atomic E-state index is 0.0875. The second-order valence-electron chi connectivity index (χ2n) is 3.83. The molecule has 0 aromatic carbocycles. The van der Waals surface area contributed by atoms with Crippen LogP contribution < -0.4 is 22.1 Å². The highest BCUT2D eigenvalue weighted by atomic mass is 32.1. The van der Waals surface area contributed by atoms with Gasteiger partial charge in [0.25, 0.3) is 11.8 Å². The number of hydrogen-bond donors (Lipinski definition) is 3. The van der Waals surface area contributed by atoms with Crippen molar-refractivity contribution in [2.75, 3.05) is 23.7 Å². The topological polar surface area (TPSA) is 115 Å². The maximum Gasteiger partial charge on any atom is 0.260 e. The van der Waals surface area contributed by atoms with E-state index in [2.05, 4.69) is 0 Å². The van der Waals surface area contributed by atoms with Crippen LogP contribution in [0.3, 0.4) is 0 Å². The summed E-state index contributed by atoms with van der Waals surface area (Å²) in [6, 6.07) is 0. The lowest BCUT2D eigenvalue weighted by Crippen LogP contribution is -2.25. The summed E-state index contributed by atoms with van der Waals surface area (Å²) in [5.74, 6) is -1.28. The Morgan fingerprint density at radius 2 is 1.83 bits per heavy atom. The molecule has 0 spiro atoms. The van der Waals surface area contributed by atoms with E-state index in [1.807, 2.05) is 18.7 Å². The van der Waals surface area contributed by atoms with Crippen molar-refractivity contribution in [3.8, 4) is 0 Å². The van der Waals surface area contributed by atoms with Crippen LogP contribution in [0.2, 0.25) is 0 Å². The Balaban J connectivity index is 3.37. The van der Waals surface area contributed by atoms with E-state index in [4.69, 9.17) is 17.2 Å². The first-order chi connectivity index (χ1) is 8.43. The molecule has 1 aromatic heterocycles. The molecule has 0 aliphatic heterocycles. The van der Waals surface area contributed by atoms with Crippen LogP contribution in [0.4, 0.5) is 10.7 Å². The predicted molar refractivity (Wildman–Crippen MR) is 73.9 cm³/mol. The summed E-state index contributed by atoms with van der Waals surface area (Å²) >= 11 is 1.12. The number of anilines is 2. The van der Waals surface area contributed by atoms with Gasteiger partial charge >= 0.3 is 0 Å². The maximum absolute atomic E-state index is 11.5. The molecule has 0 saturated heterocycles. The van der Waals surface area contributed by atoms with E-state index in [1.54, 1.807) is 0 Å². The highest BCUT2D eigenvalue weighted by Crippen LogP contribution is 2.37. The third kappa shape index (κ3) is 2.56. The Labute approximate surface area is 110 Å². The van der Waals surface area contributed by atoms with Gasteiger partial charge in [-0.1, -0.05) is 6.92 Å². The van der Waals surface area contributed by atoms with Crippen LogP contribution in [0, 0.1) is 0 Å². The van der Waals surface area contributed by atoms with Gasteiger partial charge in [0.05, 0.1) is 11.3 Å². The first-order valence-electron chi connectivity index (χ1n) is 5.70. The molecule has 0 fully saturated rings. The molecular formula is C11H18N4O2S. The molecule has 100 valence electrons. The second kappa shape index (κ2) is 5.72. The fraction of sp³-hybridized carbons (Fsp3) is 0.455. The van der Waals surface area contributed by atoms with Gasteiger partial charge in [-0.05, 0) is 13.3 Å². The third-order valence-corrected chi connectivity index (χ3v) is 3.84. The van der Waals surface area contributed by atoms with E-state index in [-0.39, 0.29) is 16.1 Å². The van der Waals surface area contributed by atoms with Crippen molar-refractivity contribution < 1.29 is 9.59 Å². The normalized spacial score (nSPS) is 10.3. The molecule has 0 unspecified atom stereocenters. The summed E-state index contributed by atoms with van der Waals surface area (Å²) in [4.78, 5) is 24.9. The van der Waals surface area contributed by atoms with Crippen molar-refractivity contribution in [1.29, 1.82) is 0 Å². The largest absolute Gasteiger partial charge is 0.397 e. The number of carbonyl (C=O) groups excluding carboxylic acids is 2. The zero-order valence-electron chi connectivity index (χ0n) is 10.5. The van der Waals surface area contributed by atoms with Gasteiger partial charge in [0.1, 0.15) is 9.88 Å². The summed E-state index contributed by atoms with van der Waals surface area (Å²) in [5.41, 5.74) is 16.6. The first kappa shape index (κ1) is 14.3. The predicted octanol–water partition coefficient (Wildman–Crippen LogP) is 0.764. The number of thiophene rings is 1. The summed E-state index contributed by atoms with van der Waals surface area (Å²) in [5, 5.41) is 0.623. The van der Waals surface area contributed by atoms with Gasteiger partial charge in [0, 0.05) is 13.1 Å². The molecule has 18 heavy (non-hydrogen) atoms. The number of rotatable bonds is 6. The van der Waals surface area contributed by atoms with Crippen molar-refractivity contribution in [1.82, 2.24) is 0 Å². The van der Waals surface area contributed by atoms with Gasteiger partial charge in [-0.25, -0.2) is 0 Å². The average Bonchev–Trinajstić information content (AvgIpc) is 2.63. The Hall–Kier alpha value is -1.76. The van der Waals surface area contributed by atoms with Gasteiger partial charge in [0.2, 0.25) is 0 Å². The summed E-state index contributed by atoms with van der Waals surface area (Å²) < 4.78 is 0. The molecule has 1 heterocycles. The lowest BCUT2D eigenvalue weighted by atomic mass is 10.2. The van der Waals surface area contributed by atoms with Crippen LogP contribution >= 0.6 is 11.3 Å². The van der Waals surface area contributed by atoms with E-state index in [1.165, 1.54) is 0 Å². The Morgan fingerprint density at radius 1 is 1.22 bits per heavy atom. The van der Waals surface area contributed by atoms with Crippen LogP contribution in [0.15, 0.2) is 0 Å². The standard InChI is InChI=1S/C11H18N4O2S/c1-3-5-15(4-2)11-6(9(13)16)7(12)8(18-11)10(14)17/h3-5,12H2,1-2H3,(H2,13,16)(H2,14,17). The smallest absolute Gasteiger partial charge is 0.260 e. The molecule has 2 amide bonds. The zero-order valence-corrected chi connectivity index (χ0v) is 11.3. The van der Waals surface area contributed by atoms with Crippen LogP contribution in [-0.2, 0) is 0 Å². The van der Waals surface area contributed by atoms with E-state index in [9.17, 15) is 9.59 Å². The molecule has 1 aromatic rings. The quantitative estimate of drug-likeness (QED) is 0.707. The Morgan fingerprint density at radius 3 is 2.22 bits per heavy atom. The molecule has 6 N–H and O–H groups in total. The molecule has 0 aliphatic rings. The minimum Gasteiger partial charge on any atom is -0.397 e. The summed E-state index contributed by atoms with van der Waals surface area (Å²) in [6.45, 7) is 5.44. The highest BCUT2D eigenvalue weighted by molar-refractivity contribution is 7.19. The fourth-order valence-corrected chi connectivity index (χ4v) is 2.92. The van der Waals surface area contributed by atoms with E-state index in [0.29, 0.717) is 11.5 Å². The summed E-state index contributed by atoms with van der Waals surface area (Å²) in [6.07, 6.45) is 0.912. The van der Waals surface area contributed by atoms with Crippen molar-refractivity contribution in [3.63, 3.8) is 0 Å². The van der Waals surface area contributed by atoms with Crippen molar-refractivity contribution in [2.45, 2.75) is 20.3 Å². The lowest BCUT2D eigenvalue weighted by molar-refractivity contribution is 0.0999. The van der Waals surface area contributed by atoms with Crippen LogP contribution in [0.1, 0.15) is 40.3 Å². The Bertz CT molecular complexity index is 470. The number of amides is 2. The van der Waals surface area contributed by atoms with Gasteiger partial charge in [-0.15, -0.1) is 11.3 Å². The second-order valence-corrected chi connectivity index (χ2v) is 4.83. The first-order valence-corrected chi connectivity index (χ1v) is 6.52. The maximum atomic E-state index is 11.5. The van der Waals surface area contributed by atoms with Gasteiger partial charge in [0.15, 0.2) is 0 Å². The number of nitrogens with zero attached hydrogens (tertiary/aromatic N) is 1. The third-order valence-electron chi connectivity index (χ3n) is 2.56. The van der Waals surface area contributed by atoms with Gasteiger partial charge in [-0.2, -0.15) is 0 Å². The molecule has 1 rings (SSSR count). The highest BCUT2D eigenvalue weighted by Gasteiger charge is 2.25. The van der Waals surface area contributed by atoms with E-state index in [0.717, 1.165) is 24.3 Å². The molecule has 0 aliphatic carbocycles. The fourth-order valence-electron chi connectivity index (χ4n) is 1.75. The van der Waals surface area contributed by atoms with Gasteiger partial charge < -0.3 is 22.1 Å². The number of hydrogen-bond acceptors (Lipinski definition) is 5. The van der Waals surface area contributed by atoms with Crippen LogP contribution in [0.5, 0.6) is 0 Å². The SMILES string of the molecule is CCCN(CC)c1sc(C(N)=O)c(N)c1C(N)=O. The molecule has 0 saturated carbocycles. The van der Waals surface area contributed by atoms with Crippen molar-refractivity contribution in [2.24, 2.45) is 11.5 Å². The number of carbonyl (C=O) groups is 2. The van der Waals surface area contributed by atoms with Crippen LogP contribution in [0.25, 0.3) is 0 Å². The zero-order chi connectivity index (χ0) is 13.9. The lowest BCUT2D eigenvalue weighted by Gasteiger charge is -2.21. The number of nitrogens with two attached hydrogens (primary N) is 3.